The molecule has 0 spiro atoms. The van der Waals surface area contributed by atoms with Crippen LogP contribution in [0.3, 0.4) is 0 Å². The summed E-state index contributed by atoms with van der Waals surface area (Å²) in [6.07, 6.45) is 5.74. The van der Waals surface area contributed by atoms with E-state index in [4.69, 9.17) is 4.98 Å². The molecule has 0 amide bonds. The third kappa shape index (κ3) is 7.46. The number of sulfone groups is 1. The summed E-state index contributed by atoms with van der Waals surface area (Å²) in [5.41, 5.74) is 4.12. The van der Waals surface area contributed by atoms with Gasteiger partial charge in [0.05, 0.1) is 5.75 Å². The van der Waals surface area contributed by atoms with Crippen LogP contribution in [0.1, 0.15) is 48.6 Å². The first kappa shape index (κ1) is 23.5. The van der Waals surface area contributed by atoms with Crippen molar-refractivity contribution in [2.45, 2.75) is 52.4 Å². The van der Waals surface area contributed by atoms with E-state index in [-0.39, 0.29) is 11.5 Å². The lowest BCUT2D eigenvalue weighted by molar-refractivity contribution is -0.118. The van der Waals surface area contributed by atoms with Gasteiger partial charge in [0.1, 0.15) is 21.4 Å². The van der Waals surface area contributed by atoms with Crippen molar-refractivity contribution in [3.63, 3.8) is 0 Å². The van der Waals surface area contributed by atoms with Gasteiger partial charge < -0.3 is 4.90 Å². The van der Waals surface area contributed by atoms with Gasteiger partial charge in [-0.25, -0.2) is 13.4 Å². The fourth-order valence-corrected chi connectivity index (χ4v) is 4.58. The number of hydrogen-bond acceptors (Lipinski definition) is 5. The summed E-state index contributed by atoms with van der Waals surface area (Å²) in [6.45, 7) is 6.39. The Hall–Kier alpha value is -2.21. The van der Waals surface area contributed by atoms with E-state index in [1.807, 2.05) is 37.3 Å². The van der Waals surface area contributed by atoms with Crippen molar-refractivity contribution < 1.29 is 13.2 Å². The van der Waals surface area contributed by atoms with Crippen LogP contribution in [-0.4, -0.2) is 44.3 Å². The summed E-state index contributed by atoms with van der Waals surface area (Å²) in [5, 5.41) is 0. The zero-order chi connectivity index (χ0) is 22.4. The van der Waals surface area contributed by atoms with Crippen molar-refractivity contribution in [2.24, 2.45) is 5.92 Å². The average Bonchev–Trinajstić information content (AvgIpc) is 2.72. The molecule has 31 heavy (non-hydrogen) atoms. The Morgan fingerprint density at radius 2 is 1.68 bits per heavy atom. The normalized spacial score (nSPS) is 15.3. The van der Waals surface area contributed by atoms with Gasteiger partial charge in [-0.3, -0.25) is 4.79 Å². The van der Waals surface area contributed by atoms with E-state index >= 15 is 0 Å². The number of aryl methyl sites for hydroxylation is 3. The van der Waals surface area contributed by atoms with Gasteiger partial charge >= 0.3 is 0 Å². The second-order valence-corrected chi connectivity index (χ2v) is 11.3. The first-order valence-corrected chi connectivity index (χ1v) is 13.2. The maximum atomic E-state index is 12.6. The molecular weight excluding hydrogens is 408 g/mol. The average molecular weight is 443 g/mol. The summed E-state index contributed by atoms with van der Waals surface area (Å²) < 4.78 is 22.6. The molecule has 5 nitrogen and oxygen atoms in total. The lowest BCUT2D eigenvalue weighted by Gasteiger charge is -2.32. The monoisotopic (exact) mass is 442 g/mol. The second-order valence-electron chi connectivity index (χ2n) is 9.02. The molecule has 0 unspecified atom stereocenters. The van der Waals surface area contributed by atoms with Crippen molar-refractivity contribution in [3.8, 4) is 0 Å². The number of nitrogens with zero attached hydrogens (tertiary/aromatic N) is 2. The number of hydrogen-bond donors (Lipinski definition) is 0. The highest BCUT2D eigenvalue weighted by Crippen LogP contribution is 2.26. The van der Waals surface area contributed by atoms with Crippen molar-refractivity contribution in [1.82, 2.24) is 4.98 Å². The van der Waals surface area contributed by atoms with E-state index in [1.54, 1.807) is 0 Å². The van der Waals surface area contributed by atoms with E-state index in [0.29, 0.717) is 25.7 Å². The number of Topliss-reactive ketones (excluding diaryl/α,β-unsaturated/α-hetero) is 1. The SMILES string of the molecule is Cc1ccc(CCC(=O)Cc2ccc(CCS(C)(=O)=O)cc2)c(N2CCC(C)CC2)n1. The Bertz CT molecular complexity index is 992. The molecule has 0 bridgehead atoms. The van der Waals surface area contributed by atoms with Crippen LogP contribution in [0.4, 0.5) is 5.82 Å². The summed E-state index contributed by atoms with van der Waals surface area (Å²) in [7, 11) is -2.97. The Kier molecular flexibility index (Phi) is 7.87. The number of rotatable bonds is 9. The number of piperidine rings is 1. The van der Waals surface area contributed by atoms with Gasteiger partial charge in [0.25, 0.3) is 0 Å². The Balaban J connectivity index is 1.56. The Labute approximate surface area is 186 Å². The first-order valence-electron chi connectivity index (χ1n) is 11.2. The third-order valence-electron chi connectivity index (χ3n) is 6.04. The first-order chi connectivity index (χ1) is 14.7. The lowest BCUT2D eigenvalue weighted by atomic mass is 9.98. The zero-order valence-electron chi connectivity index (χ0n) is 18.9. The van der Waals surface area contributed by atoms with E-state index in [1.165, 1.54) is 19.1 Å². The van der Waals surface area contributed by atoms with E-state index in [0.717, 1.165) is 47.2 Å². The second kappa shape index (κ2) is 10.4. The van der Waals surface area contributed by atoms with Gasteiger partial charge in [-0.1, -0.05) is 37.3 Å². The number of anilines is 1. The van der Waals surface area contributed by atoms with Gasteiger partial charge in [0.2, 0.25) is 0 Å². The molecule has 0 radical (unpaired) electrons. The van der Waals surface area contributed by atoms with E-state index < -0.39 is 9.84 Å². The number of carbonyl (C=O) groups is 1. The van der Waals surface area contributed by atoms with Gasteiger partial charge in [-0.2, -0.15) is 0 Å². The van der Waals surface area contributed by atoms with Gasteiger partial charge in [0, 0.05) is 37.9 Å². The number of pyridine rings is 1. The molecule has 2 aromatic rings. The largest absolute Gasteiger partial charge is 0.356 e. The molecule has 0 atom stereocenters. The maximum Gasteiger partial charge on any atom is 0.147 e. The molecule has 3 rings (SSSR count). The van der Waals surface area contributed by atoms with Crippen molar-refractivity contribution in [1.29, 1.82) is 0 Å². The van der Waals surface area contributed by atoms with Crippen molar-refractivity contribution in [2.75, 3.05) is 30.0 Å². The third-order valence-corrected chi connectivity index (χ3v) is 6.98. The zero-order valence-corrected chi connectivity index (χ0v) is 19.7. The summed E-state index contributed by atoms with van der Waals surface area (Å²) in [6, 6.07) is 11.9. The Morgan fingerprint density at radius 1 is 1.03 bits per heavy atom. The van der Waals surface area contributed by atoms with Gasteiger partial charge in [-0.05, 0) is 61.3 Å². The molecule has 0 N–H and O–H groups in total. The predicted molar refractivity (Wildman–Crippen MR) is 126 cm³/mol. The molecule has 1 saturated heterocycles. The van der Waals surface area contributed by atoms with Crippen LogP contribution in [0.2, 0.25) is 0 Å². The maximum absolute atomic E-state index is 12.6. The van der Waals surface area contributed by atoms with Gasteiger partial charge in [-0.15, -0.1) is 0 Å². The predicted octanol–water partition coefficient (Wildman–Crippen LogP) is 3.96. The molecule has 1 aliphatic heterocycles. The van der Waals surface area contributed by atoms with Crippen LogP contribution < -0.4 is 4.90 Å². The molecule has 1 aliphatic rings. The van der Waals surface area contributed by atoms with E-state index in [2.05, 4.69) is 17.9 Å². The minimum Gasteiger partial charge on any atom is -0.356 e. The van der Waals surface area contributed by atoms with Crippen LogP contribution >= 0.6 is 0 Å². The molecule has 168 valence electrons. The molecule has 1 aromatic carbocycles. The van der Waals surface area contributed by atoms with E-state index in [9.17, 15) is 13.2 Å². The summed E-state index contributed by atoms with van der Waals surface area (Å²) in [4.78, 5) is 19.8. The molecule has 0 aliphatic carbocycles. The highest BCUT2D eigenvalue weighted by molar-refractivity contribution is 7.90. The number of ketones is 1. The Morgan fingerprint density at radius 3 is 2.32 bits per heavy atom. The fourth-order valence-electron chi connectivity index (χ4n) is 3.98. The quantitative estimate of drug-likeness (QED) is 0.588. The molecule has 1 aromatic heterocycles. The fraction of sp³-hybridized carbons (Fsp3) is 0.520. The van der Waals surface area contributed by atoms with Crippen LogP contribution in [0, 0.1) is 12.8 Å². The minimum atomic E-state index is -2.97. The summed E-state index contributed by atoms with van der Waals surface area (Å²) in [5.74, 6) is 2.18. The van der Waals surface area contributed by atoms with Crippen molar-refractivity contribution >= 4 is 21.4 Å². The topological polar surface area (TPSA) is 67.3 Å². The highest BCUT2D eigenvalue weighted by Gasteiger charge is 2.20. The van der Waals surface area contributed by atoms with Gasteiger partial charge in [0.15, 0.2) is 0 Å². The molecule has 6 heteroatoms. The molecule has 1 fully saturated rings. The number of carbonyl (C=O) groups excluding carboxylic acids is 1. The van der Waals surface area contributed by atoms with Crippen LogP contribution in [0.25, 0.3) is 0 Å². The molecular formula is C25H34N2O3S. The highest BCUT2D eigenvalue weighted by atomic mass is 32.2. The van der Waals surface area contributed by atoms with Crippen LogP contribution in [0.15, 0.2) is 36.4 Å². The molecule has 0 saturated carbocycles. The smallest absolute Gasteiger partial charge is 0.147 e. The standard InChI is InChI=1S/C25H34N2O3S/c1-19-12-15-27(16-13-19)25-23(9-4-20(2)26-25)10-11-24(28)18-22-7-5-21(6-8-22)14-17-31(3,29)30/h4-9,19H,10-18H2,1-3H3. The minimum absolute atomic E-state index is 0.147. The van der Waals surface area contributed by atoms with Crippen LogP contribution in [0.5, 0.6) is 0 Å². The lowest BCUT2D eigenvalue weighted by Crippen LogP contribution is -2.34. The summed E-state index contributed by atoms with van der Waals surface area (Å²) >= 11 is 0. The number of benzene rings is 1. The number of aromatic nitrogens is 1. The van der Waals surface area contributed by atoms with Crippen LogP contribution in [-0.2, 0) is 33.9 Å². The molecule has 2 heterocycles. The van der Waals surface area contributed by atoms with Crippen molar-refractivity contribution in [3.05, 3.63) is 58.8 Å².